The molecule has 0 spiro atoms. The van der Waals surface area contributed by atoms with E-state index in [0.29, 0.717) is 11.5 Å². The van der Waals surface area contributed by atoms with Crippen LogP contribution < -0.4 is 5.32 Å². The molecule has 20 heavy (non-hydrogen) atoms. The number of rotatable bonds is 5. The molecule has 4 heteroatoms. The van der Waals surface area contributed by atoms with E-state index in [-0.39, 0.29) is 0 Å². The minimum Gasteiger partial charge on any atom is -0.339 e. The lowest BCUT2D eigenvalue weighted by molar-refractivity contribution is 0.129. The van der Waals surface area contributed by atoms with Gasteiger partial charge in [-0.25, -0.2) is 0 Å². The lowest BCUT2D eigenvalue weighted by atomic mass is 9.69. The van der Waals surface area contributed by atoms with E-state index in [9.17, 15) is 0 Å². The van der Waals surface area contributed by atoms with Gasteiger partial charge in [0.05, 0.1) is 6.54 Å². The van der Waals surface area contributed by atoms with Crippen molar-refractivity contribution >= 4 is 0 Å². The molecule has 1 aromatic heterocycles. The Bertz CT molecular complexity index is 408. The summed E-state index contributed by atoms with van der Waals surface area (Å²) in [5, 5.41) is 7.72. The first-order valence-corrected chi connectivity index (χ1v) is 8.05. The van der Waals surface area contributed by atoms with Crippen LogP contribution in [0.1, 0.15) is 71.5 Å². The molecular formula is C16H29N3O. The Morgan fingerprint density at radius 3 is 2.70 bits per heavy atom. The summed E-state index contributed by atoms with van der Waals surface area (Å²) in [6, 6.07) is 0.580. The second kappa shape index (κ2) is 6.70. The van der Waals surface area contributed by atoms with Gasteiger partial charge in [0.15, 0.2) is 5.82 Å². The molecule has 1 aliphatic carbocycles. The highest BCUT2D eigenvalue weighted by Crippen LogP contribution is 2.38. The summed E-state index contributed by atoms with van der Waals surface area (Å²) in [5.41, 5.74) is 0.364. The predicted octanol–water partition coefficient (Wildman–Crippen LogP) is 3.72. The van der Waals surface area contributed by atoms with Crippen molar-refractivity contribution in [2.24, 2.45) is 11.3 Å². The second-order valence-corrected chi connectivity index (χ2v) is 7.10. The Hall–Kier alpha value is -0.900. The molecule has 0 aliphatic heterocycles. The van der Waals surface area contributed by atoms with Crippen molar-refractivity contribution in [2.75, 3.05) is 0 Å². The van der Waals surface area contributed by atoms with Crippen LogP contribution in [0.4, 0.5) is 0 Å². The third-order valence-electron chi connectivity index (χ3n) is 4.37. The first kappa shape index (κ1) is 15.5. The van der Waals surface area contributed by atoms with E-state index >= 15 is 0 Å². The quantitative estimate of drug-likeness (QED) is 0.892. The van der Waals surface area contributed by atoms with Gasteiger partial charge in [-0.05, 0) is 30.6 Å². The minimum atomic E-state index is 0.364. The Morgan fingerprint density at radius 1 is 1.25 bits per heavy atom. The van der Waals surface area contributed by atoms with E-state index < -0.39 is 0 Å². The lowest BCUT2D eigenvalue weighted by Gasteiger charge is -2.40. The standard InChI is InChI=1S/C16H29N3O/c1-5-8-15-18-14(19-20-15)11-17-13-10-7-6-9-12(13)16(2,3)4/h12-13,17H,5-11H2,1-4H3. The van der Waals surface area contributed by atoms with Crippen LogP contribution in [0.3, 0.4) is 0 Å². The number of nitrogens with zero attached hydrogens (tertiary/aromatic N) is 2. The predicted molar refractivity (Wildman–Crippen MR) is 80.3 cm³/mol. The Balaban J connectivity index is 1.90. The number of hydrogen-bond acceptors (Lipinski definition) is 4. The van der Waals surface area contributed by atoms with Crippen molar-refractivity contribution in [1.29, 1.82) is 0 Å². The van der Waals surface area contributed by atoms with Gasteiger partial charge in [-0.3, -0.25) is 0 Å². The monoisotopic (exact) mass is 279 g/mol. The van der Waals surface area contributed by atoms with Crippen LogP contribution in [0.25, 0.3) is 0 Å². The van der Waals surface area contributed by atoms with Crippen LogP contribution in [0.2, 0.25) is 0 Å². The smallest absolute Gasteiger partial charge is 0.226 e. The molecule has 4 nitrogen and oxygen atoms in total. The van der Waals surface area contributed by atoms with Gasteiger partial charge in [0.1, 0.15) is 0 Å². The number of nitrogens with one attached hydrogen (secondary N) is 1. The Labute approximate surface area is 122 Å². The average molecular weight is 279 g/mol. The summed E-state index contributed by atoms with van der Waals surface area (Å²) < 4.78 is 5.24. The first-order valence-electron chi connectivity index (χ1n) is 8.05. The number of aryl methyl sites for hydroxylation is 1. The molecule has 2 atom stereocenters. The van der Waals surface area contributed by atoms with Gasteiger partial charge in [-0.15, -0.1) is 0 Å². The molecule has 2 rings (SSSR count). The molecule has 1 heterocycles. The topological polar surface area (TPSA) is 51.0 Å². The molecule has 0 radical (unpaired) electrons. The van der Waals surface area contributed by atoms with Gasteiger partial charge in [0, 0.05) is 12.5 Å². The van der Waals surface area contributed by atoms with E-state index in [4.69, 9.17) is 4.52 Å². The highest BCUT2D eigenvalue weighted by atomic mass is 16.5. The number of hydrogen-bond donors (Lipinski definition) is 1. The molecule has 0 bridgehead atoms. The SMILES string of the molecule is CCCc1nc(CNC2CCCCC2C(C)(C)C)no1. The molecule has 1 aromatic rings. The fourth-order valence-corrected chi connectivity index (χ4v) is 3.31. The summed E-state index contributed by atoms with van der Waals surface area (Å²) >= 11 is 0. The summed E-state index contributed by atoms with van der Waals surface area (Å²) in [6.45, 7) is 9.91. The zero-order valence-electron chi connectivity index (χ0n) is 13.4. The zero-order valence-corrected chi connectivity index (χ0v) is 13.4. The van der Waals surface area contributed by atoms with Gasteiger partial charge in [0.2, 0.25) is 5.89 Å². The molecular weight excluding hydrogens is 250 g/mol. The van der Waals surface area contributed by atoms with Crippen molar-refractivity contribution in [3.05, 3.63) is 11.7 Å². The fourth-order valence-electron chi connectivity index (χ4n) is 3.31. The van der Waals surface area contributed by atoms with Crippen molar-refractivity contribution in [3.8, 4) is 0 Å². The van der Waals surface area contributed by atoms with Crippen LogP contribution in [-0.4, -0.2) is 16.2 Å². The van der Waals surface area contributed by atoms with E-state index in [1.54, 1.807) is 0 Å². The maximum absolute atomic E-state index is 5.24. The Kier molecular flexibility index (Phi) is 5.19. The third-order valence-corrected chi connectivity index (χ3v) is 4.37. The Morgan fingerprint density at radius 2 is 2.00 bits per heavy atom. The molecule has 1 saturated carbocycles. The van der Waals surface area contributed by atoms with E-state index in [1.165, 1.54) is 25.7 Å². The molecule has 1 aliphatic rings. The maximum Gasteiger partial charge on any atom is 0.226 e. The van der Waals surface area contributed by atoms with E-state index in [1.807, 2.05) is 0 Å². The molecule has 0 saturated heterocycles. The highest BCUT2D eigenvalue weighted by molar-refractivity contribution is 4.91. The van der Waals surface area contributed by atoms with Crippen molar-refractivity contribution in [1.82, 2.24) is 15.5 Å². The molecule has 0 aromatic carbocycles. The first-order chi connectivity index (χ1) is 9.50. The molecule has 1 N–H and O–H groups in total. The lowest BCUT2D eigenvalue weighted by Crippen LogP contribution is -2.44. The van der Waals surface area contributed by atoms with Gasteiger partial charge in [-0.1, -0.05) is 45.7 Å². The average Bonchev–Trinajstić information content (AvgIpc) is 2.84. The molecule has 0 amide bonds. The molecule has 2 unspecified atom stereocenters. The maximum atomic E-state index is 5.24. The summed E-state index contributed by atoms with van der Waals surface area (Å²) in [7, 11) is 0. The molecule has 114 valence electrons. The van der Waals surface area contributed by atoms with Gasteiger partial charge in [0.25, 0.3) is 0 Å². The van der Waals surface area contributed by atoms with Crippen molar-refractivity contribution in [2.45, 2.75) is 78.8 Å². The van der Waals surface area contributed by atoms with E-state index in [2.05, 4.69) is 43.2 Å². The third kappa shape index (κ3) is 4.05. The zero-order chi connectivity index (χ0) is 14.6. The van der Waals surface area contributed by atoms with Gasteiger partial charge < -0.3 is 9.84 Å². The number of aromatic nitrogens is 2. The summed E-state index contributed by atoms with van der Waals surface area (Å²) in [5.74, 6) is 2.30. The van der Waals surface area contributed by atoms with Crippen LogP contribution in [0.5, 0.6) is 0 Å². The second-order valence-electron chi connectivity index (χ2n) is 7.10. The fraction of sp³-hybridized carbons (Fsp3) is 0.875. The molecule has 1 fully saturated rings. The van der Waals surface area contributed by atoms with Crippen molar-refractivity contribution < 1.29 is 4.52 Å². The largest absolute Gasteiger partial charge is 0.339 e. The summed E-state index contributed by atoms with van der Waals surface area (Å²) in [6.07, 6.45) is 7.21. The van der Waals surface area contributed by atoms with Crippen LogP contribution in [-0.2, 0) is 13.0 Å². The van der Waals surface area contributed by atoms with E-state index in [0.717, 1.165) is 37.0 Å². The van der Waals surface area contributed by atoms with Gasteiger partial charge in [-0.2, -0.15) is 4.98 Å². The minimum absolute atomic E-state index is 0.364. The summed E-state index contributed by atoms with van der Waals surface area (Å²) in [4.78, 5) is 4.43. The van der Waals surface area contributed by atoms with Crippen LogP contribution in [0.15, 0.2) is 4.52 Å². The van der Waals surface area contributed by atoms with Crippen molar-refractivity contribution in [3.63, 3.8) is 0 Å². The van der Waals surface area contributed by atoms with Crippen LogP contribution in [0, 0.1) is 11.3 Å². The van der Waals surface area contributed by atoms with Crippen LogP contribution >= 0.6 is 0 Å². The normalized spacial score (nSPS) is 24.0. The van der Waals surface area contributed by atoms with Gasteiger partial charge >= 0.3 is 0 Å². The highest BCUT2D eigenvalue weighted by Gasteiger charge is 2.33.